The Balaban J connectivity index is 1.70. The largest absolute Gasteiger partial charge is 0.493 e. The maximum absolute atomic E-state index is 14.5. The zero-order valence-corrected chi connectivity index (χ0v) is 16.0. The van der Waals surface area contributed by atoms with E-state index >= 15 is 0 Å². The average Bonchev–Trinajstić information content (AvgIpc) is 2.88. The molecule has 2 saturated carbocycles. The van der Waals surface area contributed by atoms with Crippen molar-refractivity contribution in [3.8, 4) is 11.5 Å². The first-order valence-electron chi connectivity index (χ1n) is 9.30. The molecule has 0 heterocycles. The molecule has 144 valence electrons. The van der Waals surface area contributed by atoms with Crippen LogP contribution in [0.15, 0.2) is 12.1 Å². The van der Waals surface area contributed by atoms with Gasteiger partial charge < -0.3 is 8.92 Å². The van der Waals surface area contributed by atoms with Crippen molar-refractivity contribution in [1.29, 1.82) is 0 Å². The Kier molecular flexibility index (Phi) is 4.23. The first kappa shape index (κ1) is 18.0. The third kappa shape index (κ3) is 2.80. The van der Waals surface area contributed by atoms with Crippen molar-refractivity contribution in [3.63, 3.8) is 0 Å². The summed E-state index contributed by atoms with van der Waals surface area (Å²) in [6, 6.07) is 3.65. The Morgan fingerprint density at radius 3 is 2.65 bits per heavy atom. The molecule has 0 bridgehead atoms. The lowest BCUT2D eigenvalue weighted by Crippen LogP contribution is -2.42. The molecule has 2 N–H and O–H groups in total. The van der Waals surface area contributed by atoms with Crippen LogP contribution >= 0.6 is 0 Å². The van der Waals surface area contributed by atoms with Gasteiger partial charge in [0.1, 0.15) is 6.17 Å². The molecular formula is C19H26FNO4S. The monoisotopic (exact) mass is 383 g/mol. The second-order valence-corrected chi connectivity index (χ2v) is 9.44. The Bertz CT molecular complexity index is 827. The second kappa shape index (κ2) is 6.09. The number of hydrogen-bond donors (Lipinski definition) is 1. The summed E-state index contributed by atoms with van der Waals surface area (Å²) in [5, 5.41) is 5.02. The molecule has 1 aromatic carbocycles. The quantitative estimate of drug-likeness (QED) is 0.867. The number of hydrogen-bond acceptors (Lipinski definition) is 4. The topological polar surface area (TPSA) is 78.6 Å². The number of aryl methyl sites for hydroxylation is 1. The molecular weight excluding hydrogens is 357 g/mol. The van der Waals surface area contributed by atoms with Crippen LogP contribution in [0.1, 0.15) is 56.1 Å². The van der Waals surface area contributed by atoms with Crippen molar-refractivity contribution >= 4 is 10.3 Å². The first-order valence-corrected chi connectivity index (χ1v) is 10.8. The fourth-order valence-corrected chi connectivity index (χ4v) is 6.24. The van der Waals surface area contributed by atoms with Crippen molar-refractivity contribution in [2.75, 3.05) is 7.11 Å². The minimum Gasteiger partial charge on any atom is -0.493 e. The molecule has 0 saturated heterocycles. The molecule has 5 nitrogen and oxygen atoms in total. The average molecular weight is 383 g/mol. The van der Waals surface area contributed by atoms with Crippen LogP contribution in [0.2, 0.25) is 0 Å². The smallest absolute Gasteiger partial charge is 0.380 e. The normalized spacial score (nSPS) is 36.0. The summed E-state index contributed by atoms with van der Waals surface area (Å²) in [7, 11) is -2.62. The molecule has 7 heteroatoms. The number of benzene rings is 1. The molecule has 5 atom stereocenters. The lowest BCUT2D eigenvalue weighted by molar-refractivity contribution is 0.0143. The SMILES string of the molecule is COc1cc2c(cc1OS(N)(=O)=O)CCC1C2CC[C@@]2(C)C1CC[C@H]2F. The molecule has 0 amide bonds. The van der Waals surface area contributed by atoms with Crippen LogP contribution in [0.25, 0.3) is 0 Å². The molecule has 4 rings (SSSR count). The van der Waals surface area contributed by atoms with E-state index in [2.05, 4.69) is 6.92 Å². The van der Waals surface area contributed by atoms with Crippen molar-refractivity contribution < 1.29 is 21.7 Å². The Hall–Kier alpha value is -1.34. The van der Waals surface area contributed by atoms with E-state index in [1.54, 1.807) is 6.07 Å². The molecule has 3 aliphatic rings. The minimum atomic E-state index is -4.11. The van der Waals surface area contributed by atoms with Crippen LogP contribution in [0, 0.1) is 17.3 Å². The predicted molar refractivity (Wildman–Crippen MR) is 96.2 cm³/mol. The van der Waals surface area contributed by atoms with Crippen molar-refractivity contribution in [1.82, 2.24) is 0 Å². The van der Waals surface area contributed by atoms with Gasteiger partial charge in [-0.15, -0.1) is 0 Å². The van der Waals surface area contributed by atoms with Crippen molar-refractivity contribution in [2.24, 2.45) is 22.4 Å². The third-order valence-electron chi connectivity index (χ3n) is 7.10. The number of alkyl halides is 1. The van der Waals surface area contributed by atoms with Gasteiger partial charge in [-0.3, -0.25) is 0 Å². The van der Waals surface area contributed by atoms with Gasteiger partial charge in [-0.05, 0) is 79.5 Å². The number of fused-ring (bicyclic) bond motifs is 5. The molecule has 2 fully saturated rings. The van der Waals surface area contributed by atoms with Crippen LogP contribution in [-0.4, -0.2) is 21.7 Å². The maximum Gasteiger partial charge on any atom is 0.380 e. The van der Waals surface area contributed by atoms with E-state index in [1.807, 2.05) is 6.07 Å². The summed E-state index contributed by atoms with van der Waals surface area (Å²) in [5.74, 6) is 1.80. The number of methoxy groups -OCH3 is 1. The summed E-state index contributed by atoms with van der Waals surface area (Å²) in [5.41, 5.74) is 2.10. The number of rotatable bonds is 3. The lowest BCUT2D eigenvalue weighted by atomic mass is 9.55. The predicted octanol–water partition coefficient (Wildman–Crippen LogP) is 3.47. The van der Waals surface area contributed by atoms with Gasteiger partial charge in [-0.1, -0.05) is 6.92 Å². The van der Waals surface area contributed by atoms with E-state index in [-0.39, 0.29) is 11.2 Å². The molecule has 0 aliphatic heterocycles. The van der Waals surface area contributed by atoms with E-state index in [4.69, 9.17) is 14.1 Å². The van der Waals surface area contributed by atoms with E-state index in [1.165, 1.54) is 12.7 Å². The van der Waals surface area contributed by atoms with Gasteiger partial charge in [-0.2, -0.15) is 13.6 Å². The van der Waals surface area contributed by atoms with E-state index in [0.29, 0.717) is 29.9 Å². The van der Waals surface area contributed by atoms with Crippen LogP contribution in [0.3, 0.4) is 0 Å². The molecule has 3 aliphatic carbocycles. The highest BCUT2D eigenvalue weighted by Gasteiger charge is 2.55. The fourth-order valence-electron chi connectivity index (χ4n) is 5.86. The van der Waals surface area contributed by atoms with Crippen LogP contribution in [0.5, 0.6) is 11.5 Å². The highest BCUT2D eigenvalue weighted by molar-refractivity contribution is 7.84. The van der Waals surface area contributed by atoms with Crippen LogP contribution in [0.4, 0.5) is 4.39 Å². The van der Waals surface area contributed by atoms with Gasteiger partial charge in [0.25, 0.3) is 0 Å². The molecule has 0 aromatic heterocycles. The first-order chi connectivity index (χ1) is 12.2. The summed E-state index contributed by atoms with van der Waals surface area (Å²) in [6.07, 6.45) is 4.67. The van der Waals surface area contributed by atoms with Crippen LogP contribution in [-0.2, 0) is 16.7 Å². The van der Waals surface area contributed by atoms with E-state index in [0.717, 1.165) is 37.7 Å². The number of ether oxygens (including phenoxy) is 1. The van der Waals surface area contributed by atoms with Gasteiger partial charge >= 0.3 is 10.3 Å². The third-order valence-corrected chi connectivity index (χ3v) is 7.51. The molecule has 1 aromatic rings. The summed E-state index contributed by atoms with van der Waals surface area (Å²) >= 11 is 0. The minimum absolute atomic E-state index is 0.137. The Morgan fingerprint density at radius 2 is 1.96 bits per heavy atom. The lowest BCUT2D eigenvalue weighted by Gasteiger charge is -2.49. The summed E-state index contributed by atoms with van der Waals surface area (Å²) < 4.78 is 47.4. The van der Waals surface area contributed by atoms with Crippen molar-refractivity contribution in [2.45, 2.75) is 57.5 Å². The van der Waals surface area contributed by atoms with Gasteiger partial charge in [0.2, 0.25) is 0 Å². The zero-order chi connectivity index (χ0) is 18.7. The van der Waals surface area contributed by atoms with Gasteiger partial charge in [0.15, 0.2) is 11.5 Å². The van der Waals surface area contributed by atoms with E-state index < -0.39 is 16.5 Å². The molecule has 26 heavy (non-hydrogen) atoms. The molecule has 3 unspecified atom stereocenters. The standard InChI is InChI=1S/C19H26FNO4S/c1-19-8-7-12-13(15(19)5-6-18(19)20)4-3-11-9-17(25-26(21,22)23)16(24-2)10-14(11)12/h9-10,12-13,15,18H,3-8H2,1-2H3,(H2,21,22,23)/t12?,13?,15?,18-,19+/m1/s1. The van der Waals surface area contributed by atoms with E-state index in [9.17, 15) is 12.8 Å². The summed E-state index contributed by atoms with van der Waals surface area (Å²) in [6.45, 7) is 2.13. The maximum atomic E-state index is 14.5. The van der Waals surface area contributed by atoms with Crippen LogP contribution < -0.4 is 14.1 Å². The molecule has 0 spiro atoms. The highest BCUT2D eigenvalue weighted by atomic mass is 32.2. The number of halogens is 1. The van der Waals surface area contributed by atoms with Gasteiger partial charge in [0, 0.05) is 5.41 Å². The Morgan fingerprint density at radius 1 is 1.19 bits per heavy atom. The molecule has 0 radical (unpaired) electrons. The van der Waals surface area contributed by atoms with Gasteiger partial charge in [-0.25, -0.2) is 4.39 Å². The second-order valence-electron chi connectivity index (χ2n) is 8.28. The number of nitrogens with two attached hydrogens (primary N) is 1. The zero-order valence-electron chi connectivity index (χ0n) is 15.2. The Labute approximate surface area is 154 Å². The highest BCUT2D eigenvalue weighted by Crippen LogP contribution is 2.62. The fraction of sp³-hybridized carbons (Fsp3) is 0.684. The summed E-state index contributed by atoms with van der Waals surface area (Å²) in [4.78, 5) is 0. The van der Waals surface area contributed by atoms with Crippen molar-refractivity contribution in [3.05, 3.63) is 23.3 Å². The van der Waals surface area contributed by atoms with Gasteiger partial charge in [0.05, 0.1) is 7.11 Å².